The molecule has 15 heavy (non-hydrogen) atoms. The van der Waals surface area contributed by atoms with Crippen molar-refractivity contribution in [3.05, 3.63) is 23.8 Å². The predicted molar refractivity (Wildman–Crippen MR) is 51.7 cm³/mol. The lowest BCUT2D eigenvalue weighted by Gasteiger charge is -2.08. The molecular weight excluding hydrogens is 196 g/mol. The normalized spacial score (nSPS) is 15.8. The first-order chi connectivity index (χ1) is 7.16. The van der Waals surface area contributed by atoms with Crippen LogP contribution in [0, 0.1) is 6.92 Å². The zero-order valence-electron chi connectivity index (χ0n) is 8.28. The first-order valence-electron chi connectivity index (χ1n) is 4.68. The maximum Gasteiger partial charge on any atom is 0.311 e. The summed E-state index contributed by atoms with van der Waals surface area (Å²) in [5.74, 6) is 0.0857. The fourth-order valence-corrected chi connectivity index (χ4v) is 1.37. The lowest BCUT2D eigenvalue weighted by atomic mass is 10.2. The van der Waals surface area contributed by atoms with Gasteiger partial charge in [-0.2, -0.15) is 0 Å². The summed E-state index contributed by atoms with van der Waals surface area (Å²) in [5.41, 5.74) is 0.668. The van der Waals surface area contributed by atoms with E-state index in [2.05, 4.69) is 0 Å². The average molecular weight is 206 g/mol. The van der Waals surface area contributed by atoms with Gasteiger partial charge in [-0.1, -0.05) is 6.07 Å². The van der Waals surface area contributed by atoms with E-state index in [1.165, 1.54) is 0 Å². The molecule has 1 aliphatic rings. The highest BCUT2D eigenvalue weighted by Crippen LogP contribution is 2.29. The van der Waals surface area contributed by atoms with E-state index in [1.54, 1.807) is 25.1 Å². The Balaban J connectivity index is 2.45. The van der Waals surface area contributed by atoms with E-state index in [0.29, 0.717) is 17.1 Å². The molecule has 78 valence electrons. The van der Waals surface area contributed by atoms with Crippen LogP contribution in [-0.2, 0) is 9.59 Å². The topological polar surface area (TPSA) is 52.6 Å². The minimum atomic E-state index is -0.408. The number of hydrogen-bond acceptors (Lipinski definition) is 4. The van der Waals surface area contributed by atoms with Crippen molar-refractivity contribution in [1.29, 1.82) is 0 Å². The van der Waals surface area contributed by atoms with Crippen LogP contribution in [0.15, 0.2) is 18.2 Å². The van der Waals surface area contributed by atoms with E-state index in [1.807, 2.05) is 0 Å². The summed E-state index contributed by atoms with van der Waals surface area (Å²) in [6.45, 7) is 1.75. The summed E-state index contributed by atoms with van der Waals surface area (Å²) in [6, 6.07) is 5.04. The van der Waals surface area contributed by atoms with Crippen LogP contribution >= 0.6 is 0 Å². The van der Waals surface area contributed by atoms with Crippen molar-refractivity contribution >= 4 is 11.9 Å². The fraction of sp³-hybridized carbons (Fsp3) is 0.273. The third-order valence-corrected chi connectivity index (χ3v) is 2.22. The van der Waals surface area contributed by atoms with Gasteiger partial charge in [0.2, 0.25) is 0 Å². The van der Waals surface area contributed by atoms with E-state index in [9.17, 15) is 9.59 Å². The molecule has 0 spiro atoms. The number of fused-ring (bicyclic) bond motifs is 2. The van der Waals surface area contributed by atoms with Crippen LogP contribution in [0.2, 0.25) is 0 Å². The average Bonchev–Trinajstić information content (AvgIpc) is 2.24. The monoisotopic (exact) mass is 206 g/mol. The molecule has 1 aromatic rings. The molecule has 1 aromatic carbocycles. The summed E-state index contributed by atoms with van der Waals surface area (Å²) in [5, 5.41) is 0. The van der Waals surface area contributed by atoms with Crippen LogP contribution in [0.3, 0.4) is 0 Å². The SMILES string of the molecule is Cc1c2cccc1OC(=O)CCC(=O)O2. The van der Waals surface area contributed by atoms with Crippen molar-refractivity contribution in [2.45, 2.75) is 19.8 Å². The van der Waals surface area contributed by atoms with Crippen LogP contribution in [-0.4, -0.2) is 11.9 Å². The fourth-order valence-electron chi connectivity index (χ4n) is 1.37. The molecule has 0 saturated carbocycles. The summed E-state index contributed by atoms with van der Waals surface area (Å²) in [7, 11) is 0. The third-order valence-electron chi connectivity index (χ3n) is 2.22. The zero-order chi connectivity index (χ0) is 10.8. The lowest BCUT2D eigenvalue weighted by Crippen LogP contribution is -2.11. The second kappa shape index (κ2) is 3.73. The number of hydrogen-bond donors (Lipinski definition) is 0. The van der Waals surface area contributed by atoms with E-state index >= 15 is 0 Å². The molecule has 0 saturated heterocycles. The molecule has 0 fully saturated rings. The van der Waals surface area contributed by atoms with Gasteiger partial charge in [-0.05, 0) is 19.1 Å². The number of esters is 2. The van der Waals surface area contributed by atoms with Crippen molar-refractivity contribution in [3.63, 3.8) is 0 Å². The number of benzene rings is 1. The van der Waals surface area contributed by atoms with Gasteiger partial charge in [0.25, 0.3) is 0 Å². The molecule has 0 unspecified atom stereocenters. The molecule has 4 nitrogen and oxygen atoms in total. The summed E-state index contributed by atoms with van der Waals surface area (Å²) < 4.78 is 10.2. The number of ether oxygens (including phenoxy) is 2. The molecule has 0 N–H and O–H groups in total. The van der Waals surface area contributed by atoms with Gasteiger partial charge in [0, 0.05) is 5.56 Å². The van der Waals surface area contributed by atoms with Crippen LogP contribution in [0.4, 0.5) is 0 Å². The second-order valence-corrected chi connectivity index (χ2v) is 3.33. The minimum absolute atomic E-state index is 0.0523. The van der Waals surface area contributed by atoms with E-state index in [0.717, 1.165) is 0 Å². The Morgan fingerprint density at radius 3 is 1.93 bits per heavy atom. The quantitative estimate of drug-likeness (QED) is 0.478. The summed E-state index contributed by atoms with van der Waals surface area (Å²) in [6.07, 6.45) is 0.105. The molecule has 0 amide bonds. The zero-order valence-corrected chi connectivity index (χ0v) is 8.28. The minimum Gasteiger partial charge on any atom is -0.426 e. The van der Waals surface area contributed by atoms with Gasteiger partial charge in [0.1, 0.15) is 11.5 Å². The number of rotatable bonds is 0. The number of carbonyl (C=O) groups is 2. The highest BCUT2D eigenvalue weighted by Gasteiger charge is 2.17. The van der Waals surface area contributed by atoms with Crippen LogP contribution in [0.5, 0.6) is 11.5 Å². The maximum atomic E-state index is 11.3. The molecule has 1 heterocycles. The van der Waals surface area contributed by atoms with Crippen molar-refractivity contribution in [3.8, 4) is 11.5 Å². The largest absolute Gasteiger partial charge is 0.426 e. The molecule has 4 heteroatoms. The van der Waals surface area contributed by atoms with Crippen LogP contribution in [0.25, 0.3) is 0 Å². The van der Waals surface area contributed by atoms with Gasteiger partial charge in [-0.15, -0.1) is 0 Å². The standard InChI is InChI=1S/C11H10O4/c1-7-8-3-2-4-9(7)15-11(13)6-5-10(12)14-8/h2-4H,5-6H2,1H3. The van der Waals surface area contributed by atoms with Gasteiger partial charge in [0.15, 0.2) is 0 Å². The molecule has 0 aliphatic carbocycles. The summed E-state index contributed by atoms with van der Waals surface area (Å²) >= 11 is 0. The van der Waals surface area contributed by atoms with Crippen molar-refractivity contribution in [1.82, 2.24) is 0 Å². The van der Waals surface area contributed by atoms with Crippen molar-refractivity contribution in [2.24, 2.45) is 0 Å². The van der Waals surface area contributed by atoms with E-state index < -0.39 is 11.9 Å². The molecule has 0 aromatic heterocycles. The van der Waals surface area contributed by atoms with Gasteiger partial charge in [-0.3, -0.25) is 9.59 Å². The van der Waals surface area contributed by atoms with Crippen molar-refractivity contribution < 1.29 is 19.1 Å². The Kier molecular flexibility index (Phi) is 2.41. The molecular formula is C11H10O4. The van der Waals surface area contributed by atoms with Crippen LogP contribution < -0.4 is 9.47 Å². The Hall–Kier alpha value is -1.84. The predicted octanol–water partition coefficient (Wildman–Crippen LogP) is 1.60. The highest BCUT2D eigenvalue weighted by molar-refractivity contribution is 5.81. The Morgan fingerprint density at radius 1 is 1.00 bits per heavy atom. The first kappa shape index (κ1) is 9.71. The van der Waals surface area contributed by atoms with Crippen LogP contribution in [0.1, 0.15) is 18.4 Å². The molecule has 1 aliphatic heterocycles. The number of carbonyl (C=O) groups excluding carboxylic acids is 2. The smallest absolute Gasteiger partial charge is 0.311 e. The summed E-state index contributed by atoms with van der Waals surface area (Å²) in [4.78, 5) is 22.5. The van der Waals surface area contributed by atoms with Gasteiger partial charge < -0.3 is 9.47 Å². The Bertz CT molecular complexity index is 386. The molecule has 2 rings (SSSR count). The highest BCUT2D eigenvalue weighted by atomic mass is 16.5. The van der Waals surface area contributed by atoms with Crippen molar-refractivity contribution in [2.75, 3.05) is 0 Å². The maximum absolute atomic E-state index is 11.3. The molecule has 0 atom stereocenters. The van der Waals surface area contributed by atoms with E-state index in [-0.39, 0.29) is 12.8 Å². The van der Waals surface area contributed by atoms with E-state index in [4.69, 9.17) is 9.47 Å². The Morgan fingerprint density at radius 2 is 1.47 bits per heavy atom. The molecule has 0 radical (unpaired) electrons. The molecule has 2 bridgehead atoms. The first-order valence-corrected chi connectivity index (χ1v) is 4.68. The lowest BCUT2D eigenvalue weighted by molar-refractivity contribution is -0.140. The van der Waals surface area contributed by atoms with Gasteiger partial charge in [0.05, 0.1) is 12.8 Å². The third kappa shape index (κ3) is 1.98. The Labute approximate surface area is 86.8 Å². The van der Waals surface area contributed by atoms with Gasteiger partial charge in [-0.25, -0.2) is 0 Å². The van der Waals surface area contributed by atoms with Gasteiger partial charge >= 0.3 is 11.9 Å². The second-order valence-electron chi connectivity index (χ2n) is 3.33.